The molecule has 2 amide bonds. The maximum atomic E-state index is 11.8. The van der Waals surface area contributed by atoms with Crippen LogP contribution >= 0.6 is 0 Å². The molecule has 2 aliphatic heterocycles. The van der Waals surface area contributed by atoms with E-state index >= 15 is 0 Å². The molecule has 94 valence electrons. The van der Waals surface area contributed by atoms with Crippen molar-refractivity contribution in [1.29, 1.82) is 0 Å². The molecule has 3 N–H and O–H groups in total. The number of ether oxygens (including phenoxy) is 1. The highest BCUT2D eigenvalue weighted by Gasteiger charge is 2.45. The molecule has 17 heavy (non-hydrogen) atoms. The van der Waals surface area contributed by atoms with E-state index in [1.54, 1.807) is 0 Å². The highest BCUT2D eigenvalue weighted by molar-refractivity contribution is 5.94. The van der Waals surface area contributed by atoms with Crippen molar-refractivity contribution < 1.29 is 24.2 Å². The molecule has 2 aliphatic rings. The molecule has 2 rings (SSSR count). The number of hydrogen-bond acceptors (Lipinski definition) is 4. The Morgan fingerprint density at radius 1 is 1.53 bits per heavy atom. The van der Waals surface area contributed by atoms with E-state index in [-0.39, 0.29) is 18.9 Å². The van der Waals surface area contributed by atoms with Gasteiger partial charge in [-0.1, -0.05) is 0 Å². The Kier molecular flexibility index (Phi) is 3.01. The molecule has 2 fully saturated rings. The number of aliphatic carboxylic acids is 1. The number of hydrogen-bond donors (Lipinski definition) is 3. The van der Waals surface area contributed by atoms with Gasteiger partial charge in [0.1, 0.15) is 6.04 Å². The molecule has 0 aromatic rings. The molecule has 7 nitrogen and oxygen atoms in total. The van der Waals surface area contributed by atoms with Gasteiger partial charge in [-0.25, -0.2) is 4.79 Å². The van der Waals surface area contributed by atoms with Crippen LogP contribution in [0.3, 0.4) is 0 Å². The Morgan fingerprint density at radius 2 is 2.29 bits per heavy atom. The first-order valence-electron chi connectivity index (χ1n) is 5.46. The van der Waals surface area contributed by atoms with Crippen molar-refractivity contribution >= 4 is 17.8 Å². The van der Waals surface area contributed by atoms with Crippen molar-refractivity contribution in [2.75, 3.05) is 13.2 Å². The lowest BCUT2D eigenvalue weighted by atomic mass is 9.98. The summed E-state index contributed by atoms with van der Waals surface area (Å²) in [5, 5.41) is 14.1. The van der Waals surface area contributed by atoms with E-state index in [0.717, 1.165) is 0 Å². The SMILES string of the molecule is O=C1CCC(C(=O)NC2(C(=O)O)CCOC2)N1. The van der Waals surface area contributed by atoms with Crippen LogP contribution in [0.5, 0.6) is 0 Å². The summed E-state index contributed by atoms with van der Waals surface area (Å²) in [6.45, 7) is 0.276. The first-order valence-corrected chi connectivity index (χ1v) is 5.46. The molecule has 2 atom stereocenters. The first kappa shape index (κ1) is 11.8. The van der Waals surface area contributed by atoms with Crippen LogP contribution in [0.15, 0.2) is 0 Å². The summed E-state index contributed by atoms with van der Waals surface area (Å²) >= 11 is 0. The van der Waals surface area contributed by atoms with Gasteiger partial charge in [0.2, 0.25) is 11.8 Å². The summed E-state index contributed by atoms with van der Waals surface area (Å²) < 4.78 is 5.02. The van der Waals surface area contributed by atoms with Crippen molar-refractivity contribution in [3.63, 3.8) is 0 Å². The third-order valence-corrected chi connectivity index (χ3v) is 3.11. The van der Waals surface area contributed by atoms with Crippen molar-refractivity contribution in [1.82, 2.24) is 10.6 Å². The lowest BCUT2D eigenvalue weighted by molar-refractivity contribution is -0.147. The number of carboxylic acids is 1. The highest BCUT2D eigenvalue weighted by Crippen LogP contribution is 2.20. The largest absolute Gasteiger partial charge is 0.479 e. The van der Waals surface area contributed by atoms with Crippen LogP contribution in [-0.2, 0) is 19.1 Å². The third kappa shape index (κ3) is 2.23. The van der Waals surface area contributed by atoms with Crippen LogP contribution in [0.2, 0.25) is 0 Å². The topological polar surface area (TPSA) is 105 Å². The smallest absolute Gasteiger partial charge is 0.331 e. The molecule has 0 aromatic heterocycles. The van der Waals surface area contributed by atoms with Gasteiger partial charge in [0.15, 0.2) is 5.54 Å². The Balaban J connectivity index is 2.01. The number of amides is 2. The second-order valence-corrected chi connectivity index (χ2v) is 4.34. The molecular weight excluding hydrogens is 228 g/mol. The number of carboxylic acid groups (broad SMARTS) is 1. The number of rotatable bonds is 3. The van der Waals surface area contributed by atoms with Gasteiger partial charge in [-0.3, -0.25) is 9.59 Å². The molecular formula is C10H14N2O5. The average Bonchev–Trinajstić information content (AvgIpc) is 2.87. The van der Waals surface area contributed by atoms with Crippen LogP contribution in [-0.4, -0.2) is 47.7 Å². The van der Waals surface area contributed by atoms with Crippen LogP contribution < -0.4 is 10.6 Å². The summed E-state index contributed by atoms with van der Waals surface area (Å²) in [6.07, 6.45) is 0.949. The second kappa shape index (κ2) is 4.33. The molecule has 2 unspecified atom stereocenters. The van der Waals surface area contributed by atoms with E-state index in [0.29, 0.717) is 19.4 Å². The fourth-order valence-electron chi connectivity index (χ4n) is 2.02. The Morgan fingerprint density at radius 3 is 2.76 bits per heavy atom. The Hall–Kier alpha value is -1.63. The minimum absolute atomic E-state index is 0.0330. The quantitative estimate of drug-likeness (QED) is 0.566. The van der Waals surface area contributed by atoms with Gasteiger partial charge in [-0.05, 0) is 6.42 Å². The van der Waals surface area contributed by atoms with Crippen LogP contribution in [0.4, 0.5) is 0 Å². The molecule has 0 spiro atoms. The van der Waals surface area contributed by atoms with Gasteiger partial charge in [0.25, 0.3) is 0 Å². The van der Waals surface area contributed by atoms with Crippen LogP contribution in [0, 0.1) is 0 Å². The van der Waals surface area contributed by atoms with E-state index in [4.69, 9.17) is 9.84 Å². The van der Waals surface area contributed by atoms with Gasteiger partial charge in [-0.2, -0.15) is 0 Å². The highest BCUT2D eigenvalue weighted by atomic mass is 16.5. The van der Waals surface area contributed by atoms with Gasteiger partial charge in [0.05, 0.1) is 6.61 Å². The fourth-order valence-corrected chi connectivity index (χ4v) is 2.02. The Labute approximate surface area is 97.5 Å². The van der Waals surface area contributed by atoms with Crippen molar-refractivity contribution in [2.24, 2.45) is 0 Å². The molecule has 0 radical (unpaired) electrons. The zero-order valence-electron chi connectivity index (χ0n) is 9.19. The van der Waals surface area contributed by atoms with E-state index in [2.05, 4.69) is 10.6 Å². The van der Waals surface area contributed by atoms with E-state index < -0.39 is 23.5 Å². The fraction of sp³-hybridized carbons (Fsp3) is 0.700. The van der Waals surface area contributed by atoms with Gasteiger partial charge in [-0.15, -0.1) is 0 Å². The lowest BCUT2D eigenvalue weighted by Gasteiger charge is -2.25. The molecule has 0 saturated carbocycles. The monoisotopic (exact) mass is 242 g/mol. The molecule has 0 bridgehead atoms. The standard InChI is InChI=1S/C10H14N2O5/c13-7-2-1-6(11-7)8(14)12-10(9(15)16)3-4-17-5-10/h6H,1-5H2,(H,11,13)(H,12,14)(H,15,16). The predicted molar refractivity (Wildman–Crippen MR) is 55.1 cm³/mol. The lowest BCUT2D eigenvalue weighted by Crippen LogP contribution is -2.58. The Bertz CT molecular complexity index is 362. The molecule has 2 saturated heterocycles. The van der Waals surface area contributed by atoms with E-state index in [1.807, 2.05) is 0 Å². The van der Waals surface area contributed by atoms with Crippen LogP contribution in [0.25, 0.3) is 0 Å². The zero-order chi connectivity index (χ0) is 12.5. The van der Waals surface area contributed by atoms with Gasteiger partial charge >= 0.3 is 5.97 Å². The molecule has 7 heteroatoms. The minimum atomic E-state index is -1.34. The van der Waals surface area contributed by atoms with Gasteiger partial charge < -0.3 is 20.5 Å². The van der Waals surface area contributed by atoms with Crippen LogP contribution in [0.1, 0.15) is 19.3 Å². The van der Waals surface area contributed by atoms with E-state index in [9.17, 15) is 14.4 Å². The minimum Gasteiger partial charge on any atom is -0.479 e. The van der Waals surface area contributed by atoms with Crippen molar-refractivity contribution in [2.45, 2.75) is 30.8 Å². The summed E-state index contributed by atoms with van der Waals surface area (Å²) in [5.41, 5.74) is -1.34. The first-order chi connectivity index (χ1) is 8.03. The maximum Gasteiger partial charge on any atom is 0.331 e. The summed E-state index contributed by atoms with van der Waals surface area (Å²) in [7, 11) is 0. The van der Waals surface area contributed by atoms with Crippen molar-refractivity contribution in [3.05, 3.63) is 0 Å². The number of carbonyl (C=O) groups is 3. The molecule has 2 heterocycles. The summed E-state index contributed by atoms with van der Waals surface area (Å²) in [6, 6.07) is -0.626. The van der Waals surface area contributed by atoms with E-state index in [1.165, 1.54) is 0 Å². The van der Waals surface area contributed by atoms with Crippen molar-refractivity contribution in [3.8, 4) is 0 Å². The zero-order valence-corrected chi connectivity index (χ0v) is 9.19. The normalized spacial score (nSPS) is 32.2. The van der Waals surface area contributed by atoms with Gasteiger partial charge in [0, 0.05) is 19.4 Å². The average molecular weight is 242 g/mol. The molecule has 0 aliphatic carbocycles. The molecule has 0 aromatic carbocycles. The summed E-state index contributed by atoms with van der Waals surface area (Å²) in [4.78, 5) is 33.9. The number of nitrogens with one attached hydrogen (secondary N) is 2. The number of carbonyl (C=O) groups excluding carboxylic acids is 2. The third-order valence-electron chi connectivity index (χ3n) is 3.11. The summed E-state index contributed by atoms with van der Waals surface area (Å²) in [5.74, 6) is -1.74. The predicted octanol–water partition coefficient (Wildman–Crippen LogP) is -1.38. The maximum absolute atomic E-state index is 11.8. The second-order valence-electron chi connectivity index (χ2n) is 4.34.